The molecule has 1 saturated heterocycles. The van der Waals surface area contributed by atoms with Crippen LogP contribution in [0.2, 0.25) is 0 Å². The van der Waals surface area contributed by atoms with Crippen molar-refractivity contribution in [3.63, 3.8) is 0 Å². The highest BCUT2D eigenvalue weighted by Gasteiger charge is 2.38. The van der Waals surface area contributed by atoms with E-state index in [4.69, 9.17) is 9.52 Å². The predicted octanol–water partition coefficient (Wildman–Crippen LogP) is 2.53. The minimum absolute atomic E-state index is 0.0435. The Kier molecular flexibility index (Phi) is 3.20. The van der Waals surface area contributed by atoms with Gasteiger partial charge in [0.05, 0.1) is 5.92 Å². The summed E-state index contributed by atoms with van der Waals surface area (Å²) >= 11 is 0. The van der Waals surface area contributed by atoms with E-state index in [0.717, 1.165) is 10.9 Å². The fraction of sp³-hybridized carbons (Fsp3) is 0.375. The molecule has 110 valence electrons. The van der Waals surface area contributed by atoms with Crippen LogP contribution in [-0.2, 0) is 4.79 Å². The molecule has 2 heterocycles. The average molecular weight is 287 g/mol. The van der Waals surface area contributed by atoms with Crippen LogP contribution in [0.25, 0.3) is 11.0 Å². The Hall–Kier alpha value is -2.30. The number of amides is 1. The van der Waals surface area contributed by atoms with Crippen LogP contribution in [0.15, 0.2) is 28.7 Å². The highest BCUT2D eigenvalue weighted by Crippen LogP contribution is 2.27. The molecule has 1 aromatic carbocycles. The van der Waals surface area contributed by atoms with Gasteiger partial charge < -0.3 is 14.4 Å². The fourth-order valence-corrected chi connectivity index (χ4v) is 2.88. The molecule has 1 amide bonds. The van der Waals surface area contributed by atoms with Gasteiger partial charge in [-0.25, -0.2) is 0 Å². The number of hydrogen-bond acceptors (Lipinski definition) is 3. The molecule has 0 spiro atoms. The topological polar surface area (TPSA) is 70.8 Å². The number of hydrogen-bond donors (Lipinski definition) is 1. The number of carbonyl (C=O) groups is 2. The molecule has 3 rings (SSSR count). The molecule has 2 atom stereocenters. The van der Waals surface area contributed by atoms with Gasteiger partial charge in [0.2, 0.25) is 0 Å². The molecule has 1 aromatic heterocycles. The van der Waals surface area contributed by atoms with E-state index in [1.54, 1.807) is 11.0 Å². The zero-order valence-corrected chi connectivity index (χ0v) is 12.0. The van der Waals surface area contributed by atoms with Crippen molar-refractivity contribution in [3.8, 4) is 0 Å². The average Bonchev–Trinajstić information content (AvgIpc) is 3.00. The van der Waals surface area contributed by atoms with E-state index in [1.807, 2.05) is 32.0 Å². The van der Waals surface area contributed by atoms with Gasteiger partial charge in [-0.15, -0.1) is 0 Å². The lowest BCUT2D eigenvalue weighted by Crippen LogP contribution is -2.29. The normalized spacial score (nSPS) is 21.9. The number of furan rings is 1. The lowest BCUT2D eigenvalue weighted by atomic mass is 9.99. The van der Waals surface area contributed by atoms with Crippen LogP contribution in [-0.4, -0.2) is 35.0 Å². The zero-order valence-electron chi connectivity index (χ0n) is 12.0. The monoisotopic (exact) mass is 287 g/mol. The summed E-state index contributed by atoms with van der Waals surface area (Å²) in [5.74, 6) is -1.36. The lowest BCUT2D eigenvalue weighted by molar-refractivity contribution is -0.142. The minimum Gasteiger partial charge on any atom is -0.481 e. The standard InChI is InChI=1S/C16H17NO4/c1-9-3-4-13-11(5-9)6-14(21-13)15(18)17-7-10(2)12(8-17)16(19)20/h3-6,10,12H,7-8H2,1-2H3,(H,19,20)/t10-,12-/m1/s1. The van der Waals surface area contributed by atoms with E-state index >= 15 is 0 Å². The number of benzene rings is 1. The first-order valence-corrected chi connectivity index (χ1v) is 6.98. The SMILES string of the molecule is Cc1ccc2oc(C(=O)N3C[C@@H](C)[C@H](C(=O)O)C3)cc2c1. The minimum atomic E-state index is -0.849. The van der Waals surface area contributed by atoms with Crippen molar-refractivity contribution < 1.29 is 19.1 Å². The van der Waals surface area contributed by atoms with Crippen LogP contribution in [0.3, 0.4) is 0 Å². The summed E-state index contributed by atoms with van der Waals surface area (Å²) in [6.07, 6.45) is 0. The van der Waals surface area contributed by atoms with Crippen LogP contribution in [0, 0.1) is 18.8 Å². The summed E-state index contributed by atoms with van der Waals surface area (Å²) in [7, 11) is 0. The highest BCUT2D eigenvalue weighted by atomic mass is 16.4. The van der Waals surface area contributed by atoms with Crippen molar-refractivity contribution in [2.45, 2.75) is 13.8 Å². The number of likely N-dealkylation sites (tertiary alicyclic amines) is 1. The number of fused-ring (bicyclic) bond motifs is 1. The molecule has 1 aliphatic heterocycles. The van der Waals surface area contributed by atoms with Gasteiger partial charge in [-0.1, -0.05) is 18.6 Å². The molecule has 0 aliphatic carbocycles. The summed E-state index contributed by atoms with van der Waals surface area (Å²) in [5.41, 5.74) is 1.77. The van der Waals surface area contributed by atoms with E-state index < -0.39 is 11.9 Å². The Morgan fingerprint density at radius 1 is 1.29 bits per heavy atom. The van der Waals surface area contributed by atoms with Crippen molar-refractivity contribution in [1.29, 1.82) is 0 Å². The van der Waals surface area contributed by atoms with Gasteiger partial charge >= 0.3 is 5.97 Å². The maximum Gasteiger partial charge on any atom is 0.308 e. The number of nitrogens with zero attached hydrogens (tertiary/aromatic N) is 1. The fourth-order valence-electron chi connectivity index (χ4n) is 2.88. The summed E-state index contributed by atoms with van der Waals surface area (Å²) in [6, 6.07) is 7.46. The maximum absolute atomic E-state index is 12.5. The molecule has 1 N–H and O–H groups in total. The second kappa shape index (κ2) is 4.91. The molecule has 0 radical (unpaired) electrons. The lowest BCUT2D eigenvalue weighted by Gasteiger charge is -2.13. The first-order valence-electron chi connectivity index (χ1n) is 6.98. The second-order valence-electron chi connectivity index (χ2n) is 5.78. The zero-order chi connectivity index (χ0) is 15.1. The summed E-state index contributed by atoms with van der Waals surface area (Å²) in [6.45, 7) is 4.53. The van der Waals surface area contributed by atoms with Crippen LogP contribution in [0.5, 0.6) is 0 Å². The number of aryl methyl sites for hydroxylation is 1. The van der Waals surface area contributed by atoms with E-state index in [1.165, 1.54) is 0 Å². The molecular formula is C16H17NO4. The molecule has 0 bridgehead atoms. The van der Waals surface area contributed by atoms with Crippen molar-refractivity contribution in [3.05, 3.63) is 35.6 Å². The van der Waals surface area contributed by atoms with Gasteiger partial charge in [-0.2, -0.15) is 0 Å². The van der Waals surface area contributed by atoms with Crippen LogP contribution in [0.1, 0.15) is 23.0 Å². The van der Waals surface area contributed by atoms with Gasteiger partial charge in [-0.05, 0) is 31.0 Å². The Balaban J connectivity index is 1.86. The molecular weight excluding hydrogens is 270 g/mol. The van der Waals surface area contributed by atoms with Crippen LogP contribution in [0.4, 0.5) is 0 Å². The van der Waals surface area contributed by atoms with E-state index in [2.05, 4.69) is 0 Å². The third-order valence-corrected chi connectivity index (χ3v) is 4.10. The van der Waals surface area contributed by atoms with Gasteiger partial charge in [0, 0.05) is 18.5 Å². The quantitative estimate of drug-likeness (QED) is 0.921. The third-order valence-electron chi connectivity index (χ3n) is 4.10. The van der Waals surface area contributed by atoms with E-state index in [0.29, 0.717) is 12.1 Å². The van der Waals surface area contributed by atoms with E-state index in [-0.39, 0.29) is 24.1 Å². The van der Waals surface area contributed by atoms with Crippen molar-refractivity contribution >= 4 is 22.8 Å². The molecule has 5 nitrogen and oxygen atoms in total. The molecule has 1 aliphatic rings. The van der Waals surface area contributed by atoms with Gasteiger partial charge in [0.15, 0.2) is 5.76 Å². The van der Waals surface area contributed by atoms with Gasteiger partial charge in [0.1, 0.15) is 5.58 Å². The number of carboxylic acids is 1. The second-order valence-corrected chi connectivity index (χ2v) is 5.78. The molecule has 5 heteroatoms. The highest BCUT2D eigenvalue weighted by molar-refractivity contribution is 5.96. The largest absolute Gasteiger partial charge is 0.481 e. The summed E-state index contributed by atoms with van der Waals surface area (Å²) < 4.78 is 5.59. The third kappa shape index (κ3) is 2.39. The van der Waals surface area contributed by atoms with Gasteiger partial charge in [0.25, 0.3) is 5.91 Å². The van der Waals surface area contributed by atoms with Crippen molar-refractivity contribution in [2.75, 3.05) is 13.1 Å². The smallest absolute Gasteiger partial charge is 0.308 e. The number of rotatable bonds is 2. The molecule has 1 fully saturated rings. The van der Waals surface area contributed by atoms with Gasteiger partial charge in [-0.3, -0.25) is 9.59 Å². The Labute approximate surface area is 122 Å². The number of aliphatic carboxylic acids is 1. The van der Waals surface area contributed by atoms with E-state index in [9.17, 15) is 9.59 Å². The number of carboxylic acid groups (broad SMARTS) is 1. The van der Waals surface area contributed by atoms with Crippen LogP contribution < -0.4 is 0 Å². The first-order chi connectivity index (χ1) is 9.95. The first kappa shape index (κ1) is 13.7. The summed E-state index contributed by atoms with van der Waals surface area (Å²) in [5, 5.41) is 10.0. The Bertz CT molecular complexity index is 718. The molecule has 0 unspecified atom stereocenters. The maximum atomic E-state index is 12.5. The number of carbonyl (C=O) groups excluding carboxylic acids is 1. The summed E-state index contributed by atoms with van der Waals surface area (Å²) in [4.78, 5) is 25.2. The Morgan fingerprint density at radius 2 is 2.05 bits per heavy atom. The van der Waals surface area contributed by atoms with Crippen LogP contribution >= 0.6 is 0 Å². The molecule has 0 saturated carbocycles. The van der Waals surface area contributed by atoms with Crippen molar-refractivity contribution in [1.82, 2.24) is 4.90 Å². The predicted molar refractivity (Wildman–Crippen MR) is 77.1 cm³/mol. The van der Waals surface area contributed by atoms with Crippen molar-refractivity contribution in [2.24, 2.45) is 11.8 Å². The Morgan fingerprint density at radius 3 is 2.71 bits per heavy atom. The molecule has 2 aromatic rings. The molecule has 21 heavy (non-hydrogen) atoms.